The van der Waals surface area contributed by atoms with Crippen LogP contribution in [-0.4, -0.2) is 30.7 Å². The number of likely N-dealkylation sites (tertiary alicyclic amines) is 1. The molecular formula is C7H13NO2. The molecule has 1 saturated heterocycles. The molecule has 10 heavy (non-hydrogen) atoms. The molecule has 0 aromatic heterocycles. The molecule has 0 N–H and O–H groups in total. The van der Waals surface area contributed by atoms with E-state index in [0.717, 1.165) is 6.04 Å². The Morgan fingerprint density at radius 1 is 1.50 bits per heavy atom. The lowest BCUT2D eigenvalue weighted by Gasteiger charge is -2.12. The van der Waals surface area contributed by atoms with Crippen LogP contribution in [-0.2, 0) is 9.59 Å². The lowest BCUT2D eigenvalue weighted by atomic mass is 10.3. The van der Waals surface area contributed by atoms with Crippen molar-refractivity contribution in [1.29, 1.82) is 0 Å². The third-order valence-corrected chi connectivity index (χ3v) is 1.89. The van der Waals surface area contributed by atoms with Crippen molar-refractivity contribution in [2.75, 3.05) is 13.6 Å². The van der Waals surface area contributed by atoms with Gasteiger partial charge in [-0.25, -0.2) is 0 Å². The van der Waals surface area contributed by atoms with Crippen LogP contribution in [0, 0.1) is 0 Å². The van der Waals surface area contributed by atoms with Crippen LogP contribution in [0.15, 0.2) is 0 Å². The van der Waals surface area contributed by atoms with Gasteiger partial charge in [0, 0.05) is 6.04 Å². The summed E-state index contributed by atoms with van der Waals surface area (Å²) in [5.74, 6) is 0. The highest BCUT2D eigenvalue weighted by Gasteiger charge is 2.14. The van der Waals surface area contributed by atoms with E-state index in [4.69, 9.17) is 9.59 Å². The van der Waals surface area contributed by atoms with E-state index in [-0.39, 0.29) is 6.15 Å². The minimum atomic E-state index is 0.250. The normalized spacial score (nSPS) is 24.8. The van der Waals surface area contributed by atoms with Crippen LogP contribution >= 0.6 is 0 Å². The maximum Gasteiger partial charge on any atom is 0.373 e. The number of hydrogen-bond donors (Lipinski definition) is 0. The lowest BCUT2D eigenvalue weighted by Crippen LogP contribution is -2.20. The van der Waals surface area contributed by atoms with Gasteiger partial charge in [0.05, 0.1) is 0 Å². The zero-order valence-corrected chi connectivity index (χ0v) is 6.46. The van der Waals surface area contributed by atoms with E-state index in [2.05, 4.69) is 18.9 Å². The quantitative estimate of drug-likeness (QED) is 0.496. The Bertz CT molecular complexity index is 111. The summed E-state index contributed by atoms with van der Waals surface area (Å²) in [6.45, 7) is 3.59. The predicted molar refractivity (Wildman–Crippen MR) is 36.3 cm³/mol. The average Bonchev–Trinajstić information content (AvgIpc) is 2.19. The van der Waals surface area contributed by atoms with Crippen LogP contribution in [0.4, 0.5) is 0 Å². The molecule has 0 spiro atoms. The largest absolute Gasteiger partial charge is 0.373 e. The fourth-order valence-corrected chi connectivity index (χ4v) is 1.08. The standard InChI is InChI=1S/C6H13N.CO2/c1-6-4-3-5-7(6)2;2-1-3/h6H,3-5H2,1-2H3;/t6-;/m0./s1. The van der Waals surface area contributed by atoms with Gasteiger partial charge in [0.15, 0.2) is 0 Å². The average molecular weight is 143 g/mol. The molecule has 0 aromatic rings. The van der Waals surface area contributed by atoms with Gasteiger partial charge >= 0.3 is 6.15 Å². The van der Waals surface area contributed by atoms with Gasteiger partial charge in [0.2, 0.25) is 0 Å². The minimum absolute atomic E-state index is 0.250. The van der Waals surface area contributed by atoms with E-state index in [0.29, 0.717) is 0 Å². The van der Waals surface area contributed by atoms with Crippen LogP contribution in [0.2, 0.25) is 0 Å². The molecule has 1 fully saturated rings. The van der Waals surface area contributed by atoms with Crippen molar-refractivity contribution in [3.8, 4) is 0 Å². The highest BCUT2D eigenvalue weighted by molar-refractivity contribution is 5.20. The van der Waals surface area contributed by atoms with Crippen molar-refractivity contribution in [2.24, 2.45) is 0 Å². The smallest absolute Gasteiger partial charge is 0.304 e. The first kappa shape index (κ1) is 9.34. The summed E-state index contributed by atoms with van der Waals surface area (Å²) >= 11 is 0. The van der Waals surface area contributed by atoms with Gasteiger partial charge in [0.25, 0.3) is 0 Å². The molecule has 1 aliphatic rings. The first-order chi connectivity index (χ1) is 4.72. The Kier molecular flexibility index (Phi) is 4.81. The van der Waals surface area contributed by atoms with E-state index >= 15 is 0 Å². The van der Waals surface area contributed by atoms with E-state index in [1.54, 1.807) is 0 Å². The van der Waals surface area contributed by atoms with Gasteiger partial charge in [-0.3, -0.25) is 0 Å². The summed E-state index contributed by atoms with van der Waals surface area (Å²) in [6, 6.07) is 0.847. The molecule has 0 radical (unpaired) electrons. The van der Waals surface area contributed by atoms with Crippen LogP contribution in [0.3, 0.4) is 0 Å². The molecule has 0 saturated carbocycles. The van der Waals surface area contributed by atoms with Crippen LogP contribution in [0.5, 0.6) is 0 Å². The molecular weight excluding hydrogens is 130 g/mol. The molecule has 1 atom stereocenters. The summed E-state index contributed by atoms with van der Waals surface area (Å²) < 4.78 is 0. The molecule has 1 heterocycles. The molecule has 0 amide bonds. The molecule has 0 unspecified atom stereocenters. The molecule has 1 rings (SSSR count). The zero-order valence-electron chi connectivity index (χ0n) is 6.46. The summed E-state index contributed by atoms with van der Waals surface area (Å²) in [7, 11) is 2.19. The van der Waals surface area contributed by atoms with Gasteiger partial charge in [-0.1, -0.05) is 0 Å². The second-order valence-corrected chi connectivity index (χ2v) is 2.56. The first-order valence-corrected chi connectivity index (χ1v) is 3.42. The number of rotatable bonds is 0. The highest BCUT2D eigenvalue weighted by Crippen LogP contribution is 2.12. The third-order valence-electron chi connectivity index (χ3n) is 1.89. The Labute approximate surface area is 61.0 Å². The molecule has 0 aliphatic carbocycles. The Morgan fingerprint density at radius 2 is 2.00 bits per heavy atom. The van der Waals surface area contributed by atoms with Gasteiger partial charge in [-0.15, -0.1) is 0 Å². The van der Waals surface area contributed by atoms with E-state index in [1.807, 2.05) is 0 Å². The van der Waals surface area contributed by atoms with Crippen molar-refractivity contribution in [3.05, 3.63) is 0 Å². The Hall–Kier alpha value is -0.660. The number of carbonyl (C=O) groups excluding carboxylic acids is 2. The second-order valence-electron chi connectivity index (χ2n) is 2.56. The summed E-state index contributed by atoms with van der Waals surface area (Å²) in [4.78, 5) is 18.7. The molecule has 3 nitrogen and oxygen atoms in total. The van der Waals surface area contributed by atoms with Crippen LogP contribution < -0.4 is 0 Å². The second kappa shape index (κ2) is 5.15. The maximum atomic E-state index is 8.12. The van der Waals surface area contributed by atoms with E-state index in [1.165, 1.54) is 19.4 Å². The van der Waals surface area contributed by atoms with Crippen molar-refractivity contribution in [1.82, 2.24) is 4.90 Å². The lowest BCUT2D eigenvalue weighted by molar-refractivity contribution is -0.191. The fraction of sp³-hybridized carbons (Fsp3) is 0.857. The highest BCUT2D eigenvalue weighted by atomic mass is 16.2. The molecule has 58 valence electrons. The summed E-state index contributed by atoms with van der Waals surface area (Å²) in [6.07, 6.45) is 3.05. The van der Waals surface area contributed by atoms with Gasteiger partial charge in [-0.05, 0) is 33.4 Å². The number of hydrogen-bond acceptors (Lipinski definition) is 3. The zero-order chi connectivity index (χ0) is 7.98. The summed E-state index contributed by atoms with van der Waals surface area (Å²) in [5, 5.41) is 0. The fourth-order valence-electron chi connectivity index (χ4n) is 1.08. The molecule has 0 aromatic carbocycles. The predicted octanol–water partition coefficient (Wildman–Crippen LogP) is 0.517. The number of nitrogens with zero attached hydrogens (tertiary/aromatic N) is 1. The van der Waals surface area contributed by atoms with E-state index in [9.17, 15) is 0 Å². The molecule has 3 heteroatoms. The monoisotopic (exact) mass is 143 g/mol. The van der Waals surface area contributed by atoms with Crippen molar-refractivity contribution in [3.63, 3.8) is 0 Å². The topological polar surface area (TPSA) is 37.4 Å². The summed E-state index contributed by atoms with van der Waals surface area (Å²) in [5.41, 5.74) is 0. The first-order valence-electron chi connectivity index (χ1n) is 3.42. The van der Waals surface area contributed by atoms with Crippen molar-refractivity contribution in [2.45, 2.75) is 25.8 Å². The van der Waals surface area contributed by atoms with Gasteiger partial charge < -0.3 is 4.90 Å². The maximum absolute atomic E-state index is 8.12. The van der Waals surface area contributed by atoms with Gasteiger partial charge in [-0.2, -0.15) is 9.59 Å². The molecule has 0 bridgehead atoms. The van der Waals surface area contributed by atoms with Crippen LogP contribution in [0.25, 0.3) is 0 Å². The molecule has 1 aliphatic heterocycles. The Morgan fingerprint density at radius 3 is 2.10 bits per heavy atom. The third kappa shape index (κ3) is 3.38. The van der Waals surface area contributed by atoms with Crippen molar-refractivity contribution >= 4 is 6.15 Å². The van der Waals surface area contributed by atoms with E-state index < -0.39 is 0 Å². The minimum Gasteiger partial charge on any atom is -0.304 e. The SMILES string of the molecule is C[C@H]1CCCN1C.O=C=O. The Balaban J connectivity index is 0.000000236. The van der Waals surface area contributed by atoms with Crippen LogP contribution in [0.1, 0.15) is 19.8 Å². The van der Waals surface area contributed by atoms with Crippen molar-refractivity contribution < 1.29 is 9.59 Å². The van der Waals surface area contributed by atoms with Gasteiger partial charge in [0.1, 0.15) is 0 Å².